The Kier molecular flexibility index (Phi) is 2.25. The van der Waals surface area contributed by atoms with Crippen molar-refractivity contribution in [2.75, 3.05) is 0 Å². The highest BCUT2D eigenvalue weighted by molar-refractivity contribution is 7.89. The van der Waals surface area contributed by atoms with E-state index in [4.69, 9.17) is 5.14 Å². The summed E-state index contributed by atoms with van der Waals surface area (Å²) in [5.41, 5.74) is 0.722. The maximum absolute atomic E-state index is 11.0. The molecule has 78 valence electrons. The summed E-state index contributed by atoms with van der Waals surface area (Å²) in [5, 5.41) is 8.84. The number of pyridine rings is 1. The minimum atomic E-state index is -3.69. The summed E-state index contributed by atoms with van der Waals surface area (Å²) in [4.78, 5) is 3.83. The molecule has 0 saturated carbocycles. The van der Waals surface area contributed by atoms with Crippen LogP contribution in [0.5, 0.6) is 0 Å². The first-order valence-corrected chi connectivity index (χ1v) is 5.60. The van der Waals surface area contributed by atoms with Gasteiger partial charge in [0.15, 0.2) is 0 Å². The highest BCUT2D eigenvalue weighted by Gasteiger charge is 2.10. The molecular weight excluding hydrogens is 216 g/mol. The van der Waals surface area contributed by atoms with E-state index in [2.05, 4.69) is 10.1 Å². The largest absolute Gasteiger partial charge is 0.265 e. The van der Waals surface area contributed by atoms with Crippen molar-refractivity contribution in [3.63, 3.8) is 0 Å². The fraction of sp³-hybridized carbons (Fsp3) is 0. The fourth-order valence-corrected chi connectivity index (χ4v) is 1.53. The Hall–Kier alpha value is -1.73. The Morgan fingerprint density at radius 1 is 1.27 bits per heavy atom. The number of hydrogen-bond donors (Lipinski definition) is 1. The van der Waals surface area contributed by atoms with E-state index >= 15 is 0 Å². The van der Waals surface area contributed by atoms with Gasteiger partial charge in [0, 0.05) is 12.4 Å². The highest BCUT2D eigenvalue weighted by atomic mass is 32.2. The molecule has 0 spiro atoms. The maximum Gasteiger partial charge on any atom is 0.241 e. The van der Waals surface area contributed by atoms with Crippen LogP contribution in [0.2, 0.25) is 0 Å². The molecule has 6 nitrogen and oxygen atoms in total. The molecule has 0 aliphatic carbocycles. The molecule has 2 rings (SSSR count). The van der Waals surface area contributed by atoms with Crippen molar-refractivity contribution < 1.29 is 8.42 Å². The predicted octanol–water partition coefficient (Wildman–Crippen LogP) is -0.0853. The van der Waals surface area contributed by atoms with Crippen molar-refractivity contribution in [2.24, 2.45) is 5.14 Å². The van der Waals surface area contributed by atoms with Crippen LogP contribution in [0, 0.1) is 0 Å². The van der Waals surface area contributed by atoms with E-state index in [0.29, 0.717) is 0 Å². The van der Waals surface area contributed by atoms with Gasteiger partial charge in [0.1, 0.15) is 4.90 Å². The molecule has 0 fully saturated rings. The number of rotatable bonds is 2. The van der Waals surface area contributed by atoms with E-state index in [0.717, 1.165) is 5.69 Å². The lowest BCUT2D eigenvalue weighted by Crippen LogP contribution is -2.11. The van der Waals surface area contributed by atoms with Crippen LogP contribution in [0.3, 0.4) is 0 Å². The third-order valence-electron chi connectivity index (χ3n) is 1.81. The lowest BCUT2D eigenvalue weighted by atomic mass is 10.4. The molecular formula is C8H8N4O2S. The van der Waals surface area contributed by atoms with Gasteiger partial charge in [-0.25, -0.2) is 18.2 Å². The minimum Gasteiger partial charge on any atom is -0.265 e. The molecule has 15 heavy (non-hydrogen) atoms. The molecule has 7 heteroatoms. The summed E-state index contributed by atoms with van der Waals surface area (Å²) in [6, 6.07) is 3.42. The molecule has 2 N–H and O–H groups in total. The van der Waals surface area contributed by atoms with E-state index in [-0.39, 0.29) is 4.90 Å². The summed E-state index contributed by atoms with van der Waals surface area (Å²) in [6.07, 6.45) is 5.74. The average Bonchev–Trinajstić information content (AvgIpc) is 2.67. The SMILES string of the molecule is NS(=O)(=O)c1cnn(-c2ccncc2)c1. The Morgan fingerprint density at radius 2 is 1.93 bits per heavy atom. The van der Waals surface area contributed by atoms with Crippen LogP contribution in [0.4, 0.5) is 0 Å². The number of hydrogen-bond acceptors (Lipinski definition) is 4. The van der Waals surface area contributed by atoms with Crippen LogP contribution in [-0.4, -0.2) is 23.2 Å². The van der Waals surface area contributed by atoms with Gasteiger partial charge in [-0.1, -0.05) is 0 Å². The Morgan fingerprint density at radius 3 is 2.47 bits per heavy atom. The molecule has 0 aliphatic heterocycles. The lowest BCUT2D eigenvalue weighted by molar-refractivity contribution is 0.598. The summed E-state index contributed by atoms with van der Waals surface area (Å²) < 4.78 is 23.4. The number of nitrogens with zero attached hydrogens (tertiary/aromatic N) is 3. The van der Waals surface area contributed by atoms with Crippen LogP contribution in [0.1, 0.15) is 0 Å². The second kappa shape index (κ2) is 3.44. The molecule has 0 aliphatic rings. The maximum atomic E-state index is 11.0. The lowest BCUT2D eigenvalue weighted by Gasteiger charge is -1.98. The molecule has 0 atom stereocenters. The van der Waals surface area contributed by atoms with Crippen molar-refractivity contribution >= 4 is 10.0 Å². The van der Waals surface area contributed by atoms with Crippen molar-refractivity contribution in [1.82, 2.24) is 14.8 Å². The Labute approximate surface area is 86.4 Å². The van der Waals surface area contributed by atoms with Gasteiger partial charge in [-0.05, 0) is 12.1 Å². The highest BCUT2D eigenvalue weighted by Crippen LogP contribution is 2.09. The topological polar surface area (TPSA) is 90.9 Å². The van der Waals surface area contributed by atoms with Gasteiger partial charge in [-0.3, -0.25) is 4.98 Å². The first-order chi connectivity index (χ1) is 7.07. The van der Waals surface area contributed by atoms with Gasteiger partial charge in [0.05, 0.1) is 18.1 Å². The Bertz CT molecular complexity index is 561. The van der Waals surface area contributed by atoms with Gasteiger partial charge in [0.2, 0.25) is 10.0 Å². The van der Waals surface area contributed by atoms with Gasteiger partial charge in [-0.15, -0.1) is 0 Å². The second-order valence-corrected chi connectivity index (χ2v) is 4.43. The van der Waals surface area contributed by atoms with Gasteiger partial charge in [-0.2, -0.15) is 5.10 Å². The van der Waals surface area contributed by atoms with E-state index in [9.17, 15) is 8.42 Å². The molecule has 0 unspecified atom stereocenters. The Balaban J connectivity index is 2.46. The average molecular weight is 224 g/mol. The predicted molar refractivity (Wildman–Crippen MR) is 52.7 cm³/mol. The van der Waals surface area contributed by atoms with E-state index in [1.807, 2.05) is 0 Å². The summed E-state index contributed by atoms with van der Waals surface area (Å²) in [6.45, 7) is 0. The van der Waals surface area contributed by atoms with Crippen LogP contribution >= 0.6 is 0 Å². The molecule has 2 aromatic heterocycles. The smallest absolute Gasteiger partial charge is 0.241 e. The van der Waals surface area contributed by atoms with Crippen molar-refractivity contribution in [3.05, 3.63) is 36.9 Å². The van der Waals surface area contributed by atoms with Crippen molar-refractivity contribution in [3.8, 4) is 5.69 Å². The molecule has 0 amide bonds. The van der Waals surface area contributed by atoms with Crippen molar-refractivity contribution in [1.29, 1.82) is 0 Å². The second-order valence-electron chi connectivity index (χ2n) is 2.87. The fourth-order valence-electron chi connectivity index (χ4n) is 1.09. The van der Waals surface area contributed by atoms with Gasteiger partial charge < -0.3 is 0 Å². The number of primary sulfonamides is 1. The van der Waals surface area contributed by atoms with Crippen LogP contribution in [0.25, 0.3) is 5.69 Å². The van der Waals surface area contributed by atoms with E-state index in [1.54, 1.807) is 24.5 Å². The number of aromatic nitrogens is 3. The first kappa shape index (κ1) is 9.81. The van der Waals surface area contributed by atoms with E-state index in [1.165, 1.54) is 17.1 Å². The molecule has 2 heterocycles. The van der Waals surface area contributed by atoms with Crippen LogP contribution in [-0.2, 0) is 10.0 Å². The van der Waals surface area contributed by atoms with Gasteiger partial charge in [0.25, 0.3) is 0 Å². The zero-order valence-electron chi connectivity index (χ0n) is 7.61. The molecule has 2 aromatic rings. The molecule has 0 aromatic carbocycles. The zero-order chi connectivity index (χ0) is 10.9. The summed E-state index contributed by atoms with van der Waals surface area (Å²) in [5.74, 6) is 0. The minimum absolute atomic E-state index is 0.0145. The molecule has 0 bridgehead atoms. The summed E-state index contributed by atoms with van der Waals surface area (Å²) in [7, 11) is -3.69. The first-order valence-electron chi connectivity index (χ1n) is 4.05. The van der Waals surface area contributed by atoms with Crippen molar-refractivity contribution in [2.45, 2.75) is 4.90 Å². The normalized spacial score (nSPS) is 11.5. The number of sulfonamides is 1. The molecule has 0 saturated heterocycles. The quantitative estimate of drug-likeness (QED) is 0.772. The van der Waals surface area contributed by atoms with E-state index < -0.39 is 10.0 Å². The third kappa shape index (κ3) is 2.03. The summed E-state index contributed by atoms with van der Waals surface area (Å²) >= 11 is 0. The number of nitrogens with two attached hydrogens (primary N) is 1. The monoisotopic (exact) mass is 224 g/mol. The molecule has 0 radical (unpaired) electrons. The van der Waals surface area contributed by atoms with Crippen LogP contribution in [0.15, 0.2) is 41.8 Å². The third-order valence-corrected chi connectivity index (χ3v) is 2.68. The van der Waals surface area contributed by atoms with Crippen LogP contribution < -0.4 is 5.14 Å². The standard InChI is InChI=1S/C8H8N4O2S/c9-15(13,14)8-5-11-12(6-8)7-1-3-10-4-2-7/h1-6H,(H2,9,13,14). The zero-order valence-corrected chi connectivity index (χ0v) is 8.42. The van der Waals surface area contributed by atoms with Gasteiger partial charge >= 0.3 is 0 Å².